The molecule has 1 saturated heterocycles. The number of rotatable bonds is 5. The van der Waals surface area contributed by atoms with Crippen molar-refractivity contribution in [2.75, 3.05) is 11.9 Å². The average Bonchev–Trinajstić information content (AvgIpc) is 3.36. The number of para-hydroxylation sites is 1. The Hall–Kier alpha value is -3.11. The maximum Gasteiger partial charge on any atom is 0.259 e. The van der Waals surface area contributed by atoms with Gasteiger partial charge < -0.3 is 9.84 Å². The molecular weight excluding hydrogens is 418 g/mol. The largest absolute Gasteiger partial charge is 0.360 e. The molecule has 1 atom stereocenters. The van der Waals surface area contributed by atoms with Crippen LogP contribution in [0, 0.1) is 20.8 Å². The van der Waals surface area contributed by atoms with Gasteiger partial charge in [0.05, 0.1) is 17.3 Å². The molecule has 3 heterocycles. The second kappa shape index (κ2) is 8.20. The lowest BCUT2D eigenvalue weighted by Gasteiger charge is -2.25. The number of nitrogens with zero attached hydrogens (tertiary/aromatic N) is 4. The van der Waals surface area contributed by atoms with Gasteiger partial charge in [-0.3, -0.25) is 4.79 Å². The van der Waals surface area contributed by atoms with Crippen LogP contribution in [0.3, 0.4) is 0 Å². The monoisotopic (exact) mass is 441 g/mol. The van der Waals surface area contributed by atoms with E-state index in [0.717, 1.165) is 0 Å². The third-order valence-corrected chi connectivity index (χ3v) is 7.42. The molecule has 31 heavy (non-hydrogen) atoms. The van der Waals surface area contributed by atoms with Crippen molar-refractivity contribution in [2.24, 2.45) is 0 Å². The van der Waals surface area contributed by atoms with Gasteiger partial charge in [0.25, 0.3) is 5.91 Å². The highest BCUT2D eigenvalue weighted by molar-refractivity contribution is 7.89. The molecule has 1 aliphatic heterocycles. The predicted octanol–water partition coefficient (Wildman–Crippen LogP) is 3.17. The first-order valence-corrected chi connectivity index (χ1v) is 11.4. The topological polar surface area (TPSA) is 118 Å². The van der Waals surface area contributed by atoms with Crippen LogP contribution >= 0.6 is 0 Å². The minimum Gasteiger partial charge on any atom is -0.360 e. The van der Waals surface area contributed by atoms with E-state index in [1.54, 1.807) is 32.9 Å². The van der Waals surface area contributed by atoms with E-state index in [1.807, 2.05) is 18.2 Å². The molecule has 9 nitrogen and oxygen atoms in total. The van der Waals surface area contributed by atoms with Gasteiger partial charge in [0, 0.05) is 18.4 Å². The molecule has 1 aliphatic rings. The summed E-state index contributed by atoms with van der Waals surface area (Å²) in [4.78, 5) is 21.7. The molecule has 1 N–H and O–H groups in total. The Balaban J connectivity index is 1.73. The van der Waals surface area contributed by atoms with Crippen LogP contribution in [0.25, 0.3) is 0 Å². The predicted molar refractivity (Wildman–Crippen MR) is 113 cm³/mol. The number of carbonyl (C=O) groups is 1. The normalized spacial score (nSPS) is 17.1. The summed E-state index contributed by atoms with van der Waals surface area (Å²) >= 11 is 0. The average molecular weight is 442 g/mol. The number of hydrogen-bond acceptors (Lipinski definition) is 7. The Labute approximate surface area is 180 Å². The van der Waals surface area contributed by atoms with Crippen molar-refractivity contribution in [3.63, 3.8) is 0 Å². The molecule has 0 aliphatic carbocycles. The molecule has 1 amide bonds. The molecule has 10 heteroatoms. The zero-order chi connectivity index (χ0) is 22.2. The molecule has 2 aromatic heterocycles. The summed E-state index contributed by atoms with van der Waals surface area (Å²) in [5.74, 6) is 0.319. The summed E-state index contributed by atoms with van der Waals surface area (Å²) in [6.45, 7) is 5.21. The Morgan fingerprint density at radius 3 is 2.61 bits per heavy atom. The van der Waals surface area contributed by atoms with Crippen LogP contribution in [0.15, 0.2) is 45.9 Å². The fourth-order valence-corrected chi connectivity index (χ4v) is 5.85. The molecule has 0 radical (unpaired) electrons. The molecule has 0 spiro atoms. The van der Waals surface area contributed by atoms with Gasteiger partial charge in [0.2, 0.25) is 10.0 Å². The van der Waals surface area contributed by atoms with Crippen LogP contribution in [0.1, 0.15) is 52.2 Å². The Bertz CT molecular complexity index is 1200. The number of aromatic nitrogens is 3. The number of aryl methyl sites for hydroxylation is 3. The summed E-state index contributed by atoms with van der Waals surface area (Å²) in [7, 11) is -3.88. The maximum atomic E-state index is 13.5. The van der Waals surface area contributed by atoms with E-state index in [1.165, 1.54) is 10.5 Å². The van der Waals surface area contributed by atoms with Crippen molar-refractivity contribution in [1.82, 2.24) is 19.4 Å². The van der Waals surface area contributed by atoms with Gasteiger partial charge in [-0.2, -0.15) is 4.31 Å². The zero-order valence-electron chi connectivity index (χ0n) is 17.5. The number of sulfonamides is 1. The van der Waals surface area contributed by atoms with Gasteiger partial charge in [-0.1, -0.05) is 23.4 Å². The van der Waals surface area contributed by atoms with E-state index in [0.29, 0.717) is 42.3 Å². The Kier molecular flexibility index (Phi) is 5.59. The third-order valence-electron chi connectivity index (χ3n) is 5.27. The van der Waals surface area contributed by atoms with E-state index in [4.69, 9.17) is 4.52 Å². The summed E-state index contributed by atoms with van der Waals surface area (Å²) < 4.78 is 33.4. The summed E-state index contributed by atoms with van der Waals surface area (Å²) in [5, 5.41) is 6.62. The van der Waals surface area contributed by atoms with Gasteiger partial charge in [-0.05, 0) is 45.7 Å². The van der Waals surface area contributed by atoms with Gasteiger partial charge in [0.15, 0.2) is 5.76 Å². The van der Waals surface area contributed by atoms with Gasteiger partial charge in [-0.15, -0.1) is 0 Å². The fraction of sp³-hybridized carbons (Fsp3) is 0.333. The number of benzene rings is 1. The maximum absolute atomic E-state index is 13.5. The van der Waals surface area contributed by atoms with Crippen LogP contribution < -0.4 is 5.32 Å². The zero-order valence-corrected chi connectivity index (χ0v) is 18.3. The first kappa shape index (κ1) is 21.1. The summed E-state index contributed by atoms with van der Waals surface area (Å²) in [6, 6.07) is 8.45. The highest BCUT2D eigenvalue weighted by atomic mass is 32.2. The summed E-state index contributed by atoms with van der Waals surface area (Å²) in [5.41, 5.74) is 1.59. The quantitative estimate of drug-likeness (QED) is 0.646. The van der Waals surface area contributed by atoms with Gasteiger partial charge in [0.1, 0.15) is 16.4 Å². The van der Waals surface area contributed by atoms with E-state index in [-0.39, 0.29) is 22.1 Å². The minimum atomic E-state index is -3.88. The van der Waals surface area contributed by atoms with Crippen molar-refractivity contribution < 1.29 is 17.7 Å². The van der Waals surface area contributed by atoms with Gasteiger partial charge in [-0.25, -0.2) is 18.4 Å². The number of nitrogens with one attached hydrogen (secondary N) is 1. The van der Waals surface area contributed by atoms with E-state index in [2.05, 4.69) is 20.4 Å². The molecule has 0 unspecified atom stereocenters. The van der Waals surface area contributed by atoms with Crippen LogP contribution in [0.4, 0.5) is 5.69 Å². The van der Waals surface area contributed by atoms with Crippen LogP contribution in [-0.4, -0.2) is 40.3 Å². The summed E-state index contributed by atoms with van der Waals surface area (Å²) in [6.07, 6.45) is 2.65. The van der Waals surface area contributed by atoms with Crippen molar-refractivity contribution in [3.05, 3.63) is 65.1 Å². The molecule has 1 fully saturated rings. The Morgan fingerprint density at radius 2 is 1.94 bits per heavy atom. The molecule has 0 bridgehead atoms. The van der Waals surface area contributed by atoms with E-state index < -0.39 is 16.1 Å². The highest BCUT2D eigenvalue weighted by Gasteiger charge is 2.41. The number of carbonyl (C=O) groups excluding carboxylic acids is 1. The lowest BCUT2D eigenvalue weighted by atomic mass is 10.1. The highest BCUT2D eigenvalue weighted by Crippen LogP contribution is 2.38. The van der Waals surface area contributed by atoms with Crippen LogP contribution in [0.2, 0.25) is 0 Å². The van der Waals surface area contributed by atoms with Crippen molar-refractivity contribution in [3.8, 4) is 0 Å². The SMILES string of the molecule is Cc1ncc(C(=O)Nc2ccccc2)c([C@@H]2CCCN2S(=O)(=O)c2c(C)noc2C)n1. The lowest BCUT2D eigenvalue weighted by molar-refractivity contribution is 0.102. The first-order chi connectivity index (χ1) is 14.8. The van der Waals surface area contributed by atoms with Crippen LogP contribution in [-0.2, 0) is 10.0 Å². The minimum absolute atomic E-state index is 0.0699. The fourth-order valence-electron chi connectivity index (χ4n) is 3.90. The van der Waals surface area contributed by atoms with Gasteiger partial charge >= 0.3 is 0 Å². The first-order valence-electron chi connectivity index (χ1n) is 9.93. The lowest BCUT2D eigenvalue weighted by Crippen LogP contribution is -2.33. The van der Waals surface area contributed by atoms with E-state index >= 15 is 0 Å². The van der Waals surface area contributed by atoms with Crippen LogP contribution in [0.5, 0.6) is 0 Å². The number of hydrogen-bond donors (Lipinski definition) is 1. The molecular formula is C21H23N5O4S. The molecule has 0 saturated carbocycles. The standard InChI is InChI=1S/C21H23N5O4S/c1-13-20(14(2)30-25-13)31(28,29)26-11-7-10-18(26)19-17(12-22-15(3)23-19)21(27)24-16-8-5-4-6-9-16/h4-6,8-9,12,18H,7,10-11H2,1-3H3,(H,24,27)/t18-/m0/s1. The molecule has 3 aromatic rings. The second-order valence-electron chi connectivity index (χ2n) is 7.46. The molecule has 4 rings (SSSR count). The van der Waals surface area contributed by atoms with Crippen molar-refractivity contribution in [1.29, 1.82) is 0 Å². The smallest absolute Gasteiger partial charge is 0.259 e. The third kappa shape index (κ3) is 3.96. The second-order valence-corrected chi connectivity index (χ2v) is 9.29. The number of amides is 1. The molecule has 1 aromatic carbocycles. The van der Waals surface area contributed by atoms with Crippen molar-refractivity contribution in [2.45, 2.75) is 44.6 Å². The Morgan fingerprint density at radius 1 is 1.19 bits per heavy atom. The molecule has 162 valence electrons. The van der Waals surface area contributed by atoms with E-state index in [9.17, 15) is 13.2 Å². The number of anilines is 1. The van der Waals surface area contributed by atoms with Crippen molar-refractivity contribution >= 4 is 21.6 Å².